The van der Waals surface area contributed by atoms with Gasteiger partial charge >= 0.3 is 0 Å². The maximum absolute atomic E-state index is 13.1. The van der Waals surface area contributed by atoms with Crippen molar-refractivity contribution in [3.63, 3.8) is 0 Å². The zero-order valence-corrected chi connectivity index (χ0v) is 22.9. The minimum atomic E-state index is -3.33. The molecule has 3 aromatic rings. The molecule has 37 heavy (non-hydrogen) atoms. The summed E-state index contributed by atoms with van der Waals surface area (Å²) < 4.78 is 27.8. The fourth-order valence-corrected chi connectivity index (χ4v) is 7.09. The number of hydrogen-bond donors (Lipinski definition) is 2. The Morgan fingerprint density at radius 1 is 1.11 bits per heavy atom. The average molecular weight is 528 g/mol. The van der Waals surface area contributed by atoms with Gasteiger partial charge in [-0.2, -0.15) is 9.29 Å². The van der Waals surface area contributed by atoms with Crippen molar-refractivity contribution >= 4 is 33.0 Å². The zero-order chi connectivity index (χ0) is 26.2. The summed E-state index contributed by atoms with van der Waals surface area (Å²) in [4.78, 5) is 26.5. The van der Waals surface area contributed by atoms with E-state index in [2.05, 4.69) is 39.1 Å². The van der Waals surface area contributed by atoms with Crippen molar-refractivity contribution in [2.75, 3.05) is 62.3 Å². The lowest BCUT2D eigenvalue weighted by molar-refractivity contribution is 0.263. The molecule has 0 aromatic carbocycles. The van der Waals surface area contributed by atoms with Gasteiger partial charge in [-0.15, -0.1) is 0 Å². The number of aromatic nitrogens is 5. The molecular formula is C25H37N9O2S. The van der Waals surface area contributed by atoms with Crippen molar-refractivity contribution in [2.45, 2.75) is 33.2 Å². The summed E-state index contributed by atoms with van der Waals surface area (Å²) in [6.07, 6.45) is 6.20. The van der Waals surface area contributed by atoms with E-state index in [0.29, 0.717) is 30.5 Å². The predicted molar refractivity (Wildman–Crippen MR) is 146 cm³/mol. The molecule has 0 spiro atoms. The van der Waals surface area contributed by atoms with Gasteiger partial charge in [0.1, 0.15) is 11.3 Å². The van der Waals surface area contributed by atoms with Crippen LogP contribution in [0.3, 0.4) is 0 Å². The number of likely N-dealkylation sites (N-methyl/N-ethyl adjacent to an activating group) is 1. The number of piperazine rings is 1. The second-order valence-corrected chi connectivity index (χ2v) is 12.9. The van der Waals surface area contributed by atoms with Gasteiger partial charge in [0.15, 0.2) is 5.65 Å². The van der Waals surface area contributed by atoms with Crippen molar-refractivity contribution in [2.24, 2.45) is 11.8 Å². The Kier molecular flexibility index (Phi) is 7.32. The van der Waals surface area contributed by atoms with E-state index in [1.165, 1.54) is 0 Å². The molecule has 3 aromatic heterocycles. The van der Waals surface area contributed by atoms with Gasteiger partial charge in [-0.3, -0.25) is 0 Å². The summed E-state index contributed by atoms with van der Waals surface area (Å²) in [6.45, 7) is 10.6. The third-order valence-electron chi connectivity index (χ3n) is 7.00. The second kappa shape index (κ2) is 10.5. The van der Waals surface area contributed by atoms with Crippen LogP contribution in [0.15, 0.2) is 24.7 Å². The Hall–Kier alpha value is -2.83. The highest BCUT2D eigenvalue weighted by Crippen LogP contribution is 2.30. The largest absolute Gasteiger partial charge is 0.365 e. The summed E-state index contributed by atoms with van der Waals surface area (Å²) in [5, 5.41) is 3.59. The Morgan fingerprint density at radius 2 is 1.89 bits per heavy atom. The van der Waals surface area contributed by atoms with Gasteiger partial charge in [0.25, 0.3) is 0 Å². The van der Waals surface area contributed by atoms with Gasteiger partial charge in [0, 0.05) is 57.7 Å². The van der Waals surface area contributed by atoms with Gasteiger partial charge in [-0.05, 0) is 31.4 Å². The van der Waals surface area contributed by atoms with E-state index in [4.69, 9.17) is 15.0 Å². The molecule has 5 heterocycles. The molecule has 11 nitrogen and oxygen atoms in total. The van der Waals surface area contributed by atoms with Gasteiger partial charge in [0.05, 0.1) is 23.2 Å². The van der Waals surface area contributed by atoms with Crippen LogP contribution < -0.4 is 10.2 Å². The first-order valence-corrected chi connectivity index (χ1v) is 14.6. The minimum absolute atomic E-state index is 0.0789. The van der Waals surface area contributed by atoms with Crippen LogP contribution >= 0.6 is 0 Å². The van der Waals surface area contributed by atoms with Crippen LogP contribution in [0.5, 0.6) is 0 Å². The molecule has 2 unspecified atom stereocenters. The first-order valence-electron chi connectivity index (χ1n) is 13.0. The number of nitrogens with one attached hydrogen (secondary N) is 2. The first-order chi connectivity index (χ1) is 17.7. The number of aromatic amines is 1. The summed E-state index contributed by atoms with van der Waals surface area (Å²) in [6, 6.07) is 1.81. The van der Waals surface area contributed by atoms with Crippen LogP contribution in [-0.4, -0.2) is 101 Å². The molecule has 12 heteroatoms. The molecule has 0 radical (unpaired) electrons. The standard InChI is InChI=1S/C25H37N9O2S/c1-17(2)16-37(35,36)34-14-18(3)11-19(15-34)29-23-20(22-13-27-24-21(30-22)5-6-26-24)12-28-25(31-23)33-9-7-32(4)8-10-33/h5-6,12-13,17-19H,7-11,14-16H2,1-4H3,(H,26,27)(H,28,29,31). The van der Waals surface area contributed by atoms with Gasteiger partial charge in [-0.25, -0.2) is 23.4 Å². The SMILES string of the molecule is CC(C)CS(=O)(=O)N1CC(C)CC(Nc2nc(N3CCN(C)CC3)ncc2-c2cnc3[nH]ccc3n2)C1. The van der Waals surface area contributed by atoms with Crippen LogP contribution in [-0.2, 0) is 10.0 Å². The fraction of sp³-hybridized carbons (Fsp3) is 0.600. The molecule has 0 amide bonds. The van der Waals surface area contributed by atoms with E-state index in [9.17, 15) is 8.42 Å². The van der Waals surface area contributed by atoms with Crippen molar-refractivity contribution in [1.82, 2.24) is 34.1 Å². The molecule has 2 fully saturated rings. The monoisotopic (exact) mass is 527 g/mol. The Bertz CT molecular complexity index is 1330. The van der Waals surface area contributed by atoms with Crippen LogP contribution in [0.2, 0.25) is 0 Å². The van der Waals surface area contributed by atoms with E-state index in [-0.39, 0.29) is 23.6 Å². The maximum Gasteiger partial charge on any atom is 0.227 e. The normalized spacial score (nSPS) is 22.1. The highest BCUT2D eigenvalue weighted by Gasteiger charge is 2.33. The van der Waals surface area contributed by atoms with E-state index >= 15 is 0 Å². The lowest BCUT2D eigenvalue weighted by atomic mass is 9.97. The molecule has 2 saturated heterocycles. The third-order valence-corrected chi connectivity index (χ3v) is 9.18. The third kappa shape index (κ3) is 5.86. The van der Waals surface area contributed by atoms with E-state index < -0.39 is 10.0 Å². The number of piperidine rings is 1. The van der Waals surface area contributed by atoms with Crippen molar-refractivity contribution in [3.05, 3.63) is 24.7 Å². The molecule has 0 aliphatic carbocycles. The topological polar surface area (TPSA) is 123 Å². The number of anilines is 2. The van der Waals surface area contributed by atoms with Gasteiger partial charge < -0.3 is 20.1 Å². The zero-order valence-electron chi connectivity index (χ0n) is 22.1. The predicted octanol–water partition coefficient (Wildman–Crippen LogP) is 2.27. The Balaban J connectivity index is 1.47. The number of sulfonamides is 1. The lowest BCUT2D eigenvalue weighted by Gasteiger charge is -2.37. The molecular weight excluding hydrogens is 490 g/mol. The summed E-state index contributed by atoms with van der Waals surface area (Å²) in [5.41, 5.74) is 2.92. The Morgan fingerprint density at radius 3 is 2.65 bits per heavy atom. The molecule has 2 aliphatic heterocycles. The second-order valence-electron chi connectivity index (χ2n) is 10.9. The minimum Gasteiger partial charge on any atom is -0.365 e. The maximum atomic E-state index is 13.1. The van der Waals surface area contributed by atoms with E-state index in [1.807, 2.05) is 32.3 Å². The lowest BCUT2D eigenvalue weighted by Crippen LogP contribution is -2.49. The molecule has 2 aliphatic rings. The highest BCUT2D eigenvalue weighted by atomic mass is 32.2. The highest BCUT2D eigenvalue weighted by molar-refractivity contribution is 7.89. The Labute approximate surface area is 218 Å². The smallest absolute Gasteiger partial charge is 0.227 e. The molecule has 0 bridgehead atoms. The molecule has 200 valence electrons. The molecule has 5 rings (SSSR count). The molecule has 2 N–H and O–H groups in total. The van der Waals surface area contributed by atoms with E-state index in [0.717, 1.165) is 49.3 Å². The number of hydrogen-bond acceptors (Lipinski definition) is 9. The van der Waals surface area contributed by atoms with Gasteiger partial charge in [-0.1, -0.05) is 20.8 Å². The number of fused-ring (bicyclic) bond motifs is 1. The van der Waals surface area contributed by atoms with E-state index in [1.54, 1.807) is 10.5 Å². The number of nitrogens with zero attached hydrogens (tertiary/aromatic N) is 7. The van der Waals surface area contributed by atoms with Crippen molar-refractivity contribution in [1.29, 1.82) is 0 Å². The van der Waals surface area contributed by atoms with Crippen molar-refractivity contribution in [3.8, 4) is 11.3 Å². The summed E-state index contributed by atoms with van der Waals surface area (Å²) >= 11 is 0. The summed E-state index contributed by atoms with van der Waals surface area (Å²) in [7, 11) is -1.21. The number of rotatable bonds is 7. The first kappa shape index (κ1) is 25.8. The number of H-pyrrole nitrogens is 1. The van der Waals surface area contributed by atoms with Crippen LogP contribution in [0.4, 0.5) is 11.8 Å². The fourth-order valence-electron chi connectivity index (χ4n) is 5.14. The quantitative estimate of drug-likeness (QED) is 0.476. The average Bonchev–Trinajstić information content (AvgIpc) is 3.31. The van der Waals surface area contributed by atoms with Crippen LogP contribution in [0.1, 0.15) is 27.2 Å². The van der Waals surface area contributed by atoms with Crippen LogP contribution in [0, 0.1) is 11.8 Å². The molecule has 0 saturated carbocycles. The van der Waals surface area contributed by atoms with Crippen molar-refractivity contribution < 1.29 is 8.42 Å². The van der Waals surface area contributed by atoms with Gasteiger partial charge in [0.2, 0.25) is 16.0 Å². The van der Waals surface area contributed by atoms with Crippen LogP contribution in [0.25, 0.3) is 22.4 Å². The molecule has 2 atom stereocenters. The summed E-state index contributed by atoms with van der Waals surface area (Å²) in [5.74, 6) is 1.80.